The lowest BCUT2D eigenvalue weighted by Crippen LogP contribution is -2.57. The molecule has 0 unspecified atom stereocenters. The molecular weight excluding hydrogens is 308 g/mol. The summed E-state index contributed by atoms with van der Waals surface area (Å²) in [6, 6.07) is 1.08. The summed E-state index contributed by atoms with van der Waals surface area (Å²) in [4.78, 5) is 49.4. The normalized spacial score (nSPS) is 14.7. The van der Waals surface area contributed by atoms with Crippen molar-refractivity contribution in [2.24, 2.45) is 0 Å². The van der Waals surface area contributed by atoms with Gasteiger partial charge in [-0.2, -0.15) is 0 Å². The van der Waals surface area contributed by atoms with E-state index in [1.165, 1.54) is 16.2 Å². The second-order valence-electron chi connectivity index (χ2n) is 4.61. The van der Waals surface area contributed by atoms with Gasteiger partial charge >= 0.3 is 17.8 Å². The third kappa shape index (κ3) is 3.25. The number of nitrogens with zero attached hydrogens (tertiary/aromatic N) is 2. The minimum absolute atomic E-state index is 0.0124. The number of anilines is 1. The average molecular weight is 323 g/mol. The Morgan fingerprint density at radius 2 is 2.18 bits per heavy atom. The summed E-state index contributed by atoms with van der Waals surface area (Å²) in [6.07, 6.45) is -0.0124. The van der Waals surface area contributed by atoms with Crippen molar-refractivity contribution >= 4 is 40.8 Å². The molecule has 2 rings (SSSR count). The number of imide groups is 1. The zero-order valence-corrected chi connectivity index (χ0v) is 12.7. The van der Waals surface area contributed by atoms with Gasteiger partial charge in [-0.15, -0.1) is 11.3 Å². The number of urea groups is 1. The molecule has 0 aliphatic carbocycles. The van der Waals surface area contributed by atoms with E-state index in [-0.39, 0.29) is 19.5 Å². The molecule has 0 spiro atoms. The molecule has 1 aliphatic heterocycles. The first-order chi connectivity index (χ1) is 10.4. The summed E-state index contributed by atoms with van der Waals surface area (Å²) >= 11 is 1.27. The zero-order valence-electron chi connectivity index (χ0n) is 11.9. The molecule has 8 nitrogen and oxygen atoms in total. The van der Waals surface area contributed by atoms with Gasteiger partial charge in [-0.05, 0) is 13.0 Å². The van der Waals surface area contributed by atoms with Gasteiger partial charge in [-0.3, -0.25) is 29.9 Å². The molecule has 2 N–H and O–H groups in total. The van der Waals surface area contributed by atoms with Crippen molar-refractivity contribution in [3.63, 3.8) is 0 Å². The van der Waals surface area contributed by atoms with Gasteiger partial charge in [-0.25, -0.2) is 4.79 Å². The number of rotatable bonds is 4. The Kier molecular flexibility index (Phi) is 4.76. The van der Waals surface area contributed by atoms with E-state index in [2.05, 4.69) is 5.32 Å². The van der Waals surface area contributed by atoms with Gasteiger partial charge in [0.15, 0.2) is 0 Å². The summed E-state index contributed by atoms with van der Waals surface area (Å²) in [5, 5.41) is 4.07. The number of carbonyl (C=O) groups is 4. The molecule has 1 aromatic heterocycles. The Balaban J connectivity index is 2.18. The molecule has 1 aromatic rings. The third-order valence-electron chi connectivity index (χ3n) is 3.12. The number of hydrogen-bond donors (Lipinski definition) is 1. The summed E-state index contributed by atoms with van der Waals surface area (Å²) in [5.41, 5.74) is 7.51. The second kappa shape index (κ2) is 6.56. The van der Waals surface area contributed by atoms with E-state index in [9.17, 15) is 19.2 Å². The molecule has 1 fully saturated rings. The molecule has 1 radical (unpaired) electrons. The van der Waals surface area contributed by atoms with Crippen molar-refractivity contribution in [2.45, 2.75) is 13.3 Å². The highest BCUT2D eigenvalue weighted by molar-refractivity contribution is 7.10. The van der Waals surface area contributed by atoms with Crippen molar-refractivity contribution in [1.29, 1.82) is 0 Å². The van der Waals surface area contributed by atoms with Crippen LogP contribution in [0.2, 0.25) is 0 Å². The fourth-order valence-electron chi connectivity index (χ4n) is 2.10. The van der Waals surface area contributed by atoms with Crippen LogP contribution in [0.4, 0.5) is 10.5 Å². The first kappa shape index (κ1) is 16.0. The van der Waals surface area contributed by atoms with Gasteiger partial charge < -0.3 is 5.32 Å². The Hall–Kier alpha value is -2.42. The van der Waals surface area contributed by atoms with E-state index >= 15 is 0 Å². The summed E-state index contributed by atoms with van der Waals surface area (Å²) in [7, 11) is 0. The molecule has 22 heavy (non-hydrogen) atoms. The predicted molar refractivity (Wildman–Crippen MR) is 79.3 cm³/mol. The van der Waals surface area contributed by atoms with Crippen molar-refractivity contribution in [1.82, 2.24) is 16.0 Å². The molecule has 0 atom stereocenters. The predicted octanol–water partition coefficient (Wildman–Crippen LogP) is 0.00480. The van der Waals surface area contributed by atoms with Gasteiger partial charge in [0.05, 0.1) is 12.1 Å². The maximum absolute atomic E-state index is 12.5. The van der Waals surface area contributed by atoms with Gasteiger partial charge in [0, 0.05) is 29.9 Å². The van der Waals surface area contributed by atoms with Crippen molar-refractivity contribution in [2.75, 3.05) is 24.5 Å². The van der Waals surface area contributed by atoms with E-state index < -0.39 is 23.8 Å². The van der Waals surface area contributed by atoms with Gasteiger partial charge in [0.2, 0.25) is 5.91 Å². The molecule has 0 aromatic carbocycles. The maximum atomic E-state index is 12.5. The Morgan fingerprint density at radius 1 is 1.45 bits per heavy atom. The van der Waals surface area contributed by atoms with Crippen LogP contribution in [-0.4, -0.2) is 48.3 Å². The van der Waals surface area contributed by atoms with Crippen LogP contribution in [-0.2, 0) is 20.8 Å². The van der Waals surface area contributed by atoms with Gasteiger partial charge in [0.25, 0.3) is 0 Å². The van der Waals surface area contributed by atoms with Crippen LogP contribution >= 0.6 is 11.3 Å². The standard InChI is InChI=1S/C13H15N4O4S/c1-2-16(8-5-9(22-7-8)6-10(14)18)13(21)17-4-3-15-11(19)12(17)20/h5,7,14H,2-4,6H2,1H3,(H,15,19). The van der Waals surface area contributed by atoms with Gasteiger partial charge in [0.1, 0.15) is 0 Å². The third-order valence-corrected chi connectivity index (χ3v) is 4.05. The van der Waals surface area contributed by atoms with E-state index in [4.69, 9.17) is 5.73 Å². The van der Waals surface area contributed by atoms with E-state index in [0.717, 1.165) is 4.90 Å². The quantitative estimate of drug-likeness (QED) is 0.786. The number of nitrogens with one attached hydrogen (secondary N) is 2. The van der Waals surface area contributed by atoms with Crippen molar-refractivity contribution in [3.05, 3.63) is 16.3 Å². The highest BCUT2D eigenvalue weighted by atomic mass is 32.1. The first-order valence-corrected chi connectivity index (χ1v) is 7.55. The molecule has 2 heterocycles. The van der Waals surface area contributed by atoms with Crippen molar-refractivity contribution in [3.8, 4) is 0 Å². The number of hydrogen-bond acceptors (Lipinski definition) is 5. The Bertz CT molecular complexity index is 627. The van der Waals surface area contributed by atoms with E-state index in [0.29, 0.717) is 17.1 Å². The summed E-state index contributed by atoms with van der Waals surface area (Å²) in [5.74, 6) is -2.36. The fourth-order valence-corrected chi connectivity index (χ4v) is 2.97. The molecule has 117 valence electrons. The number of amides is 5. The minimum atomic E-state index is -0.869. The smallest absolute Gasteiger partial charge is 0.331 e. The highest BCUT2D eigenvalue weighted by Gasteiger charge is 2.34. The molecule has 5 amide bonds. The minimum Gasteiger partial charge on any atom is -0.346 e. The SMILES string of the molecule is CCN(C(=O)N1CCNC(=O)C1=O)c1csc(CC([NH])=O)c1. The van der Waals surface area contributed by atoms with Crippen LogP contribution in [0.25, 0.3) is 0 Å². The monoisotopic (exact) mass is 323 g/mol. The second-order valence-corrected chi connectivity index (χ2v) is 5.61. The fraction of sp³-hybridized carbons (Fsp3) is 0.385. The lowest BCUT2D eigenvalue weighted by molar-refractivity contribution is -0.145. The molecular formula is C13H15N4O4S. The topological polar surface area (TPSA) is 111 Å². The lowest BCUT2D eigenvalue weighted by atomic mass is 10.3. The average Bonchev–Trinajstić information content (AvgIpc) is 2.90. The number of carbonyl (C=O) groups excluding carboxylic acids is 4. The lowest BCUT2D eigenvalue weighted by Gasteiger charge is -2.30. The Morgan fingerprint density at radius 3 is 2.82 bits per heavy atom. The van der Waals surface area contributed by atoms with Gasteiger partial charge in [-0.1, -0.05) is 0 Å². The maximum Gasteiger partial charge on any atom is 0.331 e. The van der Waals surface area contributed by atoms with Crippen LogP contribution in [0, 0.1) is 0 Å². The van der Waals surface area contributed by atoms with E-state index in [1.807, 2.05) is 0 Å². The van der Waals surface area contributed by atoms with Crippen LogP contribution in [0.1, 0.15) is 11.8 Å². The van der Waals surface area contributed by atoms with Crippen LogP contribution in [0.5, 0.6) is 0 Å². The zero-order chi connectivity index (χ0) is 16.3. The van der Waals surface area contributed by atoms with E-state index in [1.54, 1.807) is 18.4 Å². The van der Waals surface area contributed by atoms with Crippen LogP contribution in [0.15, 0.2) is 11.4 Å². The van der Waals surface area contributed by atoms with Crippen molar-refractivity contribution < 1.29 is 19.2 Å². The molecule has 1 aliphatic rings. The molecule has 1 saturated heterocycles. The van der Waals surface area contributed by atoms with Crippen LogP contribution in [0.3, 0.4) is 0 Å². The Labute approximate surface area is 130 Å². The molecule has 0 saturated carbocycles. The largest absolute Gasteiger partial charge is 0.346 e. The molecule has 0 bridgehead atoms. The number of piperazine rings is 1. The molecule has 9 heteroatoms. The highest BCUT2D eigenvalue weighted by Crippen LogP contribution is 2.25. The van der Waals surface area contributed by atoms with Crippen LogP contribution < -0.4 is 16.0 Å². The summed E-state index contributed by atoms with van der Waals surface area (Å²) < 4.78 is 0. The summed E-state index contributed by atoms with van der Waals surface area (Å²) in [6.45, 7) is 2.42. The first-order valence-electron chi connectivity index (χ1n) is 6.67. The number of thiophene rings is 1.